The molecule has 1 aromatic heterocycles. The third kappa shape index (κ3) is 3.15. The van der Waals surface area contributed by atoms with E-state index in [1.807, 2.05) is 37.3 Å². The number of aromatic nitrogens is 2. The molecule has 0 bridgehead atoms. The maximum Gasteiger partial charge on any atom is 0.241 e. The molecule has 1 aliphatic rings. The van der Waals surface area contributed by atoms with Crippen LogP contribution in [0.1, 0.15) is 12.5 Å². The summed E-state index contributed by atoms with van der Waals surface area (Å²) in [5, 5.41) is 9.44. The molecule has 2 aromatic rings. The van der Waals surface area contributed by atoms with E-state index in [4.69, 9.17) is 0 Å². The zero-order chi connectivity index (χ0) is 16.4. The molecule has 6 nitrogen and oxygen atoms in total. The zero-order valence-electron chi connectivity index (χ0n) is 13.0. The second-order valence-electron chi connectivity index (χ2n) is 5.48. The van der Waals surface area contributed by atoms with Crippen LogP contribution in [0.3, 0.4) is 0 Å². The van der Waals surface area contributed by atoms with Crippen LogP contribution < -0.4 is 10.6 Å². The Morgan fingerprint density at radius 1 is 1.26 bits per heavy atom. The average Bonchev–Trinajstić information content (AvgIpc) is 3.04. The van der Waals surface area contributed by atoms with E-state index in [0.717, 1.165) is 16.7 Å². The number of nitrogens with zero attached hydrogens (tertiary/aromatic N) is 2. The van der Waals surface area contributed by atoms with Gasteiger partial charge in [-0.05, 0) is 18.1 Å². The highest BCUT2D eigenvalue weighted by molar-refractivity contribution is 6.11. The Labute approximate surface area is 134 Å². The number of hydrogen-bond donors (Lipinski definition) is 2. The van der Waals surface area contributed by atoms with E-state index >= 15 is 0 Å². The number of benzene rings is 1. The van der Waals surface area contributed by atoms with Gasteiger partial charge in [0.1, 0.15) is 6.54 Å². The van der Waals surface area contributed by atoms with E-state index in [9.17, 15) is 9.59 Å². The minimum absolute atomic E-state index is 0.0687. The van der Waals surface area contributed by atoms with Gasteiger partial charge in [-0.25, -0.2) is 0 Å². The lowest BCUT2D eigenvalue weighted by Crippen LogP contribution is -2.23. The van der Waals surface area contributed by atoms with Crippen molar-refractivity contribution in [2.75, 3.05) is 12.4 Å². The first-order chi connectivity index (χ1) is 11.1. The monoisotopic (exact) mass is 310 g/mol. The van der Waals surface area contributed by atoms with Crippen molar-refractivity contribution in [1.29, 1.82) is 0 Å². The van der Waals surface area contributed by atoms with Crippen molar-refractivity contribution >= 4 is 23.1 Å². The topological polar surface area (TPSA) is 76.0 Å². The van der Waals surface area contributed by atoms with Crippen molar-refractivity contribution in [2.24, 2.45) is 5.92 Å². The SMILES string of the molecule is CNC(=O)Cn1cc(NC(=O)C2C(C)=C2c2ccccc2)cn1. The molecule has 0 fully saturated rings. The van der Waals surface area contributed by atoms with E-state index in [-0.39, 0.29) is 24.3 Å². The first kappa shape index (κ1) is 15.0. The molecule has 3 rings (SSSR count). The van der Waals surface area contributed by atoms with Gasteiger partial charge in [-0.15, -0.1) is 0 Å². The smallest absolute Gasteiger partial charge is 0.241 e. The predicted octanol–water partition coefficient (Wildman–Crippen LogP) is 1.67. The standard InChI is InChI=1S/C17H18N4O2/c1-11-15(12-6-4-3-5-7-12)16(11)17(23)20-13-8-19-21(9-13)10-14(22)18-2/h3-9,16H,10H2,1-2H3,(H,18,22)(H,20,23). The van der Waals surface area contributed by atoms with Crippen LogP contribution in [0.2, 0.25) is 0 Å². The van der Waals surface area contributed by atoms with E-state index in [2.05, 4.69) is 15.7 Å². The molecular weight excluding hydrogens is 292 g/mol. The molecule has 2 amide bonds. The number of amides is 2. The highest BCUT2D eigenvalue weighted by Crippen LogP contribution is 2.46. The molecule has 118 valence electrons. The lowest BCUT2D eigenvalue weighted by molar-refractivity contribution is -0.121. The number of rotatable bonds is 5. The molecule has 1 unspecified atom stereocenters. The molecule has 1 heterocycles. The Morgan fingerprint density at radius 3 is 2.70 bits per heavy atom. The molecule has 0 spiro atoms. The molecular formula is C17H18N4O2. The van der Waals surface area contributed by atoms with E-state index in [1.54, 1.807) is 19.4 Å². The Bertz CT molecular complexity index is 777. The zero-order valence-corrected chi connectivity index (χ0v) is 13.0. The molecule has 0 saturated carbocycles. The third-order valence-corrected chi connectivity index (χ3v) is 3.90. The van der Waals surface area contributed by atoms with Gasteiger partial charge in [-0.2, -0.15) is 5.10 Å². The third-order valence-electron chi connectivity index (χ3n) is 3.90. The largest absolute Gasteiger partial charge is 0.358 e. The minimum Gasteiger partial charge on any atom is -0.358 e. The van der Waals surface area contributed by atoms with Gasteiger partial charge in [0.2, 0.25) is 11.8 Å². The first-order valence-electron chi connectivity index (χ1n) is 7.40. The van der Waals surface area contributed by atoms with Gasteiger partial charge in [-0.1, -0.05) is 35.9 Å². The highest BCUT2D eigenvalue weighted by Gasteiger charge is 2.39. The summed E-state index contributed by atoms with van der Waals surface area (Å²) in [5.74, 6) is -0.391. The fourth-order valence-electron chi connectivity index (χ4n) is 2.63. The van der Waals surface area contributed by atoms with Gasteiger partial charge in [0, 0.05) is 13.2 Å². The highest BCUT2D eigenvalue weighted by atomic mass is 16.2. The van der Waals surface area contributed by atoms with Gasteiger partial charge >= 0.3 is 0 Å². The van der Waals surface area contributed by atoms with Crippen molar-refractivity contribution in [2.45, 2.75) is 13.5 Å². The van der Waals surface area contributed by atoms with Crippen molar-refractivity contribution in [3.63, 3.8) is 0 Å². The molecule has 0 radical (unpaired) electrons. The van der Waals surface area contributed by atoms with E-state index in [1.165, 1.54) is 4.68 Å². The number of anilines is 1. The average molecular weight is 310 g/mol. The summed E-state index contributed by atoms with van der Waals surface area (Å²) in [6.45, 7) is 2.10. The van der Waals surface area contributed by atoms with Crippen LogP contribution in [0, 0.1) is 5.92 Å². The lowest BCUT2D eigenvalue weighted by atomic mass is 10.1. The van der Waals surface area contributed by atoms with E-state index < -0.39 is 0 Å². The number of nitrogens with one attached hydrogen (secondary N) is 2. The van der Waals surface area contributed by atoms with Crippen LogP contribution in [0.5, 0.6) is 0 Å². The summed E-state index contributed by atoms with van der Waals surface area (Å²) < 4.78 is 1.49. The molecule has 1 atom stereocenters. The summed E-state index contributed by atoms with van der Waals surface area (Å²) in [7, 11) is 1.57. The molecule has 1 aliphatic carbocycles. The summed E-state index contributed by atoms with van der Waals surface area (Å²) in [4.78, 5) is 23.7. The molecule has 0 aliphatic heterocycles. The van der Waals surface area contributed by atoms with Gasteiger partial charge in [0.25, 0.3) is 0 Å². The van der Waals surface area contributed by atoms with Crippen LogP contribution in [0.15, 0.2) is 48.3 Å². The fraction of sp³-hybridized carbons (Fsp3) is 0.235. The van der Waals surface area contributed by atoms with E-state index in [0.29, 0.717) is 5.69 Å². The van der Waals surface area contributed by atoms with Crippen molar-refractivity contribution in [3.8, 4) is 0 Å². The molecule has 2 N–H and O–H groups in total. The lowest BCUT2D eigenvalue weighted by Gasteiger charge is -2.03. The Kier molecular flexibility index (Phi) is 3.97. The van der Waals surface area contributed by atoms with Crippen LogP contribution in [0.25, 0.3) is 5.57 Å². The second-order valence-corrected chi connectivity index (χ2v) is 5.48. The summed E-state index contributed by atoms with van der Waals surface area (Å²) in [6, 6.07) is 9.90. The van der Waals surface area contributed by atoms with Gasteiger partial charge in [0.05, 0.1) is 17.8 Å². The van der Waals surface area contributed by atoms with Crippen molar-refractivity contribution in [3.05, 3.63) is 53.9 Å². The quantitative estimate of drug-likeness (QED) is 0.882. The fourth-order valence-corrected chi connectivity index (χ4v) is 2.63. The van der Waals surface area contributed by atoms with Crippen LogP contribution >= 0.6 is 0 Å². The molecule has 1 aromatic carbocycles. The molecule has 0 saturated heterocycles. The van der Waals surface area contributed by atoms with Crippen LogP contribution in [-0.2, 0) is 16.1 Å². The normalized spacial score (nSPS) is 16.2. The maximum atomic E-state index is 12.4. The Hall–Kier alpha value is -2.89. The van der Waals surface area contributed by atoms with Gasteiger partial charge in [-0.3, -0.25) is 14.3 Å². The first-order valence-corrected chi connectivity index (χ1v) is 7.40. The van der Waals surface area contributed by atoms with Crippen molar-refractivity contribution in [1.82, 2.24) is 15.1 Å². The van der Waals surface area contributed by atoms with Gasteiger partial charge < -0.3 is 10.6 Å². The minimum atomic E-state index is -0.181. The number of likely N-dealkylation sites (N-methyl/N-ethyl adjacent to an activating group) is 1. The molecule has 23 heavy (non-hydrogen) atoms. The summed E-state index contributed by atoms with van der Waals surface area (Å²) in [6.07, 6.45) is 3.19. The van der Waals surface area contributed by atoms with Crippen LogP contribution in [0.4, 0.5) is 5.69 Å². The number of carbonyl (C=O) groups is 2. The van der Waals surface area contributed by atoms with Gasteiger partial charge in [0.15, 0.2) is 0 Å². The summed E-state index contributed by atoms with van der Waals surface area (Å²) >= 11 is 0. The Morgan fingerprint density at radius 2 is 2.00 bits per heavy atom. The second kappa shape index (κ2) is 6.08. The molecule has 6 heteroatoms. The van der Waals surface area contributed by atoms with Crippen LogP contribution in [-0.4, -0.2) is 28.6 Å². The maximum absolute atomic E-state index is 12.4. The predicted molar refractivity (Wildman–Crippen MR) is 87.4 cm³/mol. The Balaban J connectivity index is 1.62. The van der Waals surface area contributed by atoms with Crippen molar-refractivity contribution < 1.29 is 9.59 Å². The number of carbonyl (C=O) groups excluding carboxylic acids is 2. The summed E-state index contributed by atoms with van der Waals surface area (Å²) in [5.41, 5.74) is 3.85. The number of hydrogen-bond acceptors (Lipinski definition) is 3.